The average Bonchev–Trinajstić information content (AvgIpc) is 3.12. The molecule has 0 radical (unpaired) electrons. The Balaban J connectivity index is 6.34. The van der Waals surface area contributed by atoms with Crippen LogP contribution < -0.4 is 21.3 Å². The van der Waals surface area contributed by atoms with Gasteiger partial charge in [0.1, 0.15) is 37.9 Å². The Hall–Kier alpha value is -6.64. The van der Waals surface area contributed by atoms with Crippen LogP contribution in [0, 0.1) is 0 Å². The molecule has 3 atom stereocenters. The van der Waals surface area contributed by atoms with Gasteiger partial charge >= 0.3 is 53.7 Å². The summed E-state index contributed by atoms with van der Waals surface area (Å²) in [6.07, 6.45) is 0. The molecule has 31 heteroatoms. The molecule has 0 fully saturated rings. The first-order valence-electron chi connectivity index (χ1n) is 19.0. The molecule has 0 bridgehead atoms. The highest BCUT2D eigenvalue weighted by Crippen LogP contribution is 2.15. The van der Waals surface area contributed by atoms with Gasteiger partial charge < -0.3 is 81.4 Å². The normalized spacial score (nSPS) is 13.7. The second-order valence-corrected chi connectivity index (χ2v) is 15.2. The fourth-order valence-electron chi connectivity index (χ4n) is 5.82. The van der Waals surface area contributed by atoms with E-state index in [0.29, 0.717) is 14.7 Å². The van der Waals surface area contributed by atoms with Gasteiger partial charge in [0.05, 0.1) is 64.6 Å². The van der Waals surface area contributed by atoms with E-state index < -0.39 is 199 Å². The molecule has 0 saturated carbocycles. The summed E-state index contributed by atoms with van der Waals surface area (Å²) in [5.41, 5.74) is -2.59. The summed E-state index contributed by atoms with van der Waals surface area (Å²) in [4.78, 5) is 143. The minimum absolute atomic E-state index is 0.557. The number of amides is 3. The van der Waals surface area contributed by atoms with Gasteiger partial charge in [0.2, 0.25) is 17.7 Å². The molecule has 0 rings (SSSR count). The number of carbonyl (C=O) groups excluding carboxylic acids is 3. The Morgan fingerprint density at radius 3 is 0.788 bits per heavy atom. The van der Waals surface area contributed by atoms with Crippen LogP contribution in [0.1, 0.15) is 20.8 Å². The van der Waals surface area contributed by atoms with Gasteiger partial charge in [-0.1, -0.05) is 0 Å². The van der Waals surface area contributed by atoms with E-state index in [4.69, 9.17) is 44.8 Å². The molecule has 0 aliphatic rings. The zero-order valence-electron chi connectivity index (χ0n) is 35.8. The average molecular weight is 958 g/mol. The maximum absolute atomic E-state index is 12.8. The zero-order valence-corrected chi connectivity index (χ0v) is 35.8. The van der Waals surface area contributed by atoms with Crippen LogP contribution in [-0.4, -0.2) is 260 Å². The van der Waals surface area contributed by atoms with Crippen LogP contribution in [0.3, 0.4) is 0 Å². The van der Waals surface area contributed by atoms with E-state index in [0.717, 1.165) is 0 Å². The highest BCUT2D eigenvalue weighted by atomic mass is 16.5. The predicted molar refractivity (Wildman–Crippen MR) is 212 cm³/mol. The van der Waals surface area contributed by atoms with Crippen molar-refractivity contribution in [3.63, 3.8) is 0 Å². The molecule has 66 heavy (non-hydrogen) atoms. The van der Waals surface area contributed by atoms with Gasteiger partial charge in [0, 0.05) is 25.2 Å². The van der Waals surface area contributed by atoms with Crippen molar-refractivity contribution in [2.45, 2.75) is 50.0 Å². The number of hydrogen-bond donors (Lipinski definition) is 13. The van der Waals surface area contributed by atoms with Crippen LogP contribution in [0.2, 0.25) is 0 Å². The van der Waals surface area contributed by atoms with Gasteiger partial charge in [-0.3, -0.25) is 72.2 Å². The highest BCUT2D eigenvalue weighted by molar-refractivity contribution is 5.83. The fourth-order valence-corrected chi connectivity index (χ4v) is 5.82. The van der Waals surface area contributed by atoms with Crippen molar-refractivity contribution in [1.29, 1.82) is 0 Å². The molecule has 0 aliphatic heterocycles. The van der Waals surface area contributed by atoms with Gasteiger partial charge in [-0.25, -0.2) is 0 Å². The fraction of sp³-hybridized carbons (Fsp3) is 0.657. The van der Waals surface area contributed by atoms with Crippen LogP contribution in [-0.2, 0) is 71.7 Å². The standard InChI is InChI=1S/C35H55N7O24/c1-34(2,3)39-35(16-64-13-22(43)36-4-19(31(58)59)40(7-25(46)47)8-26(48)49,17-65-14-23(44)37-5-20(32(60)61)41(9-27(50)51)10-28(52)53)18-66-15-24(45)38-6-21(33(62)63)42(11-29(54)55)12-30(56)57/h19-21,39H,4-18H2,1-3H3,(H,36,43)(H,37,44)(H,38,45)(H,46,47)(H,48,49)(H,50,51)(H,52,53)(H,54,55)(H,56,57)(H,58,59)(H,60,61)(H,62,63). The first kappa shape index (κ1) is 59.4. The lowest BCUT2D eigenvalue weighted by atomic mass is 9.97. The molecule has 0 aromatic carbocycles. The second kappa shape index (κ2) is 29.0. The number of rotatable bonds is 37. The number of aliphatic carboxylic acids is 9. The molecule has 31 nitrogen and oxygen atoms in total. The third kappa shape index (κ3) is 26.2. The smallest absolute Gasteiger partial charge is 0.322 e. The van der Waals surface area contributed by atoms with Crippen LogP contribution in [0.15, 0.2) is 0 Å². The van der Waals surface area contributed by atoms with Gasteiger partial charge in [-0.05, 0) is 20.8 Å². The SMILES string of the molecule is CC(C)(C)NC(COCC(=O)NCC(C(=O)O)N(CC(=O)O)CC(=O)O)(COCC(=O)NCC(C(=O)O)N(CC(=O)O)CC(=O)O)COCC(=O)NCC(C(=O)O)N(CC(=O)O)CC(=O)O. The number of carbonyl (C=O) groups is 12. The van der Waals surface area contributed by atoms with Gasteiger partial charge in [-0.2, -0.15) is 0 Å². The zero-order chi connectivity index (χ0) is 50.9. The van der Waals surface area contributed by atoms with Crippen LogP contribution >= 0.6 is 0 Å². The van der Waals surface area contributed by atoms with E-state index in [1.807, 2.05) is 0 Å². The highest BCUT2D eigenvalue weighted by Gasteiger charge is 2.37. The second-order valence-electron chi connectivity index (χ2n) is 15.2. The quantitative estimate of drug-likeness (QED) is 0.0275. The van der Waals surface area contributed by atoms with Gasteiger partial charge in [0.25, 0.3) is 0 Å². The number of carboxylic acid groups (broad SMARTS) is 9. The summed E-state index contributed by atoms with van der Waals surface area (Å²) in [5.74, 6) is -17.4. The maximum Gasteiger partial charge on any atom is 0.322 e. The Kier molecular flexibility index (Phi) is 26.1. The number of nitrogens with one attached hydrogen (secondary N) is 4. The van der Waals surface area contributed by atoms with Gasteiger partial charge in [0.15, 0.2) is 0 Å². The molecular weight excluding hydrogens is 902 g/mol. The van der Waals surface area contributed by atoms with Crippen molar-refractivity contribution >= 4 is 71.4 Å². The molecule has 374 valence electrons. The molecule has 0 aliphatic carbocycles. The largest absolute Gasteiger partial charge is 0.480 e. The Labute approximate surface area is 373 Å². The molecule has 13 N–H and O–H groups in total. The van der Waals surface area contributed by atoms with E-state index in [9.17, 15) is 72.9 Å². The van der Waals surface area contributed by atoms with E-state index in [2.05, 4.69) is 21.3 Å². The van der Waals surface area contributed by atoms with E-state index >= 15 is 0 Å². The molecule has 3 unspecified atom stereocenters. The van der Waals surface area contributed by atoms with Crippen LogP contribution in [0.25, 0.3) is 0 Å². The summed E-state index contributed by atoms with van der Waals surface area (Å²) in [6, 6.07) is -5.48. The third-order valence-corrected chi connectivity index (χ3v) is 8.16. The first-order valence-corrected chi connectivity index (χ1v) is 19.0. The van der Waals surface area contributed by atoms with Crippen molar-refractivity contribution in [1.82, 2.24) is 36.0 Å². The van der Waals surface area contributed by atoms with E-state index in [-0.39, 0.29) is 0 Å². The molecular formula is C35H55N7O24. The molecule has 0 aromatic rings. The van der Waals surface area contributed by atoms with Crippen LogP contribution in [0.4, 0.5) is 0 Å². The minimum atomic E-state index is -1.83. The van der Waals surface area contributed by atoms with Crippen molar-refractivity contribution in [2.75, 3.05) is 98.5 Å². The Morgan fingerprint density at radius 1 is 0.409 bits per heavy atom. The lowest BCUT2D eigenvalue weighted by Gasteiger charge is -2.40. The summed E-state index contributed by atoms with van der Waals surface area (Å²) < 4.78 is 16.7. The maximum atomic E-state index is 12.8. The van der Waals surface area contributed by atoms with Crippen molar-refractivity contribution in [3.8, 4) is 0 Å². The number of carboxylic acids is 9. The van der Waals surface area contributed by atoms with Crippen molar-refractivity contribution < 1.29 is 118 Å². The topological polar surface area (TPSA) is 472 Å². The molecule has 0 saturated heterocycles. The lowest BCUT2D eigenvalue weighted by Crippen LogP contribution is -2.63. The summed E-state index contributed by atoms with van der Waals surface area (Å²) in [6.45, 7) is -8.02. The molecule has 0 aromatic heterocycles. The lowest BCUT2D eigenvalue weighted by molar-refractivity contribution is -0.152. The number of hydrogen-bond acceptors (Lipinski definition) is 19. The van der Waals surface area contributed by atoms with E-state index in [1.54, 1.807) is 20.8 Å². The van der Waals surface area contributed by atoms with Crippen molar-refractivity contribution in [2.24, 2.45) is 0 Å². The van der Waals surface area contributed by atoms with E-state index in [1.165, 1.54) is 0 Å². The molecule has 0 heterocycles. The Morgan fingerprint density at radius 2 is 0.621 bits per heavy atom. The van der Waals surface area contributed by atoms with Crippen LogP contribution in [0.5, 0.6) is 0 Å². The van der Waals surface area contributed by atoms with Gasteiger partial charge in [-0.15, -0.1) is 0 Å². The predicted octanol–water partition coefficient (Wildman–Crippen LogP) is -6.72. The number of nitrogens with zero attached hydrogens (tertiary/aromatic N) is 3. The number of ether oxygens (including phenoxy) is 3. The summed E-state index contributed by atoms with van der Waals surface area (Å²) >= 11 is 0. The Bertz CT molecular complexity index is 1520. The summed E-state index contributed by atoms with van der Waals surface area (Å²) in [7, 11) is 0. The minimum Gasteiger partial charge on any atom is -0.480 e. The monoisotopic (exact) mass is 957 g/mol. The molecule has 0 spiro atoms. The molecule has 3 amide bonds. The first-order chi connectivity index (χ1) is 30.5. The third-order valence-electron chi connectivity index (χ3n) is 8.16. The van der Waals surface area contributed by atoms with Crippen molar-refractivity contribution in [3.05, 3.63) is 0 Å². The summed E-state index contributed by atoms with van der Waals surface area (Å²) in [5, 5.41) is 93.2.